The molecule has 152 valence electrons. The number of carbonyl (C=O) groups is 2. The van der Waals surface area contributed by atoms with Crippen LogP contribution in [0.4, 0.5) is 0 Å². The van der Waals surface area contributed by atoms with Crippen LogP contribution in [-0.4, -0.2) is 28.4 Å². The number of carboxylic acid groups (broad SMARTS) is 1. The van der Waals surface area contributed by atoms with Gasteiger partial charge in [0.15, 0.2) is 5.70 Å². The number of hydrazine groups is 1. The molecule has 2 aromatic carbocycles. The number of carbonyl (C=O) groups excluding carboxylic acids is 1. The summed E-state index contributed by atoms with van der Waals surface area (Å²) in [5.41, 5.74) is 10.3. The van der Waals surface area contributed by atoms with E-state index in [1.54, 1.807) is 12.1 Å². The molecule has 1 fully saturated rings. The molecule has 0 aliphatic carbocycles. The zero-order chi connectivity index (χ0) is 20.8. The molecular formula is C21H24N4O4. The van der Waals surface area contributed by atoms with Gasteiger partial charge < -0.3 is 25.9 Å². The van der Waals surface area contributed by atoms with Crippen molar-refractivity contribution < 1.29 is 19.4 Å². The van der Waals surface area contributed by atoms with Crippen LogP contribution in [0.2, 0.25) is 0 Å². The standard InChI is InChI=1S/C21H24N4O4/c22-20(19(24-23)21(27)28)29-17-9-7-15(8-10-17)16-5-3-4-14(12-16)13-25-11-2-1-6-18(25)26/h3-5,7-10,12,24H,1-2,6,11,13,22-23H2,(H,27,28)/b20-19+. The van der Waals surface area contributed by atoms with Crippen LogP contribution in [0.5, 0.6) is 5.75 Å². The second kappa shape index (κ2) is 9.11. The Bertz CT molecular complexity index is 925. The highest BCUT2D eigenvalue weighted by atomic mass is 16.5. The number of piperidine rings is 1. The average molecular weight is 396 g/mol. The Labute approximate surface area is 168 Å². The van der Waals surface area contributed by atoms with Gasteiger partial charge in [-0.3, -0.25) is 10.6 Å². The molecule has 1 saturated heterocycles. The molecule has 8 nitrogen and oxygen atoms in total. The maximum absolute atomic E-state index is 12.0. The second-order valence-electron chi connectivity index (χ2n) is 6.79. The fraction of sp³-hybridized carbons (Fsp3) is 0.238. The number of hydrogen-bond donors (Lipinski definition) is 4. The topological polar surface area (TPSA) is 131 Å². The van der Waals surface area contributed by atoms with Crippen molar-refractivity contribution in [2.45, 2.75) is 25.8 Å². The number of amides is 1. The number of nitrogens with zero attached hydrogens (tertiary/aromatic N) is 1. The molecule has 6 N–H and O–H groups in total. The molecule has 0 atom stereocenters. The summed E-state index contributed by atoms with van der Waals surface area (Å²) in [4.78, 5) is 25.0. The van der Waals surface area contributed by atoms with Crippen molar-refractivity contribution in [1.29, 1.82) is 0 Å². The minimum Gasteiger partial charge on any atom is -0.476 e. The minimum atomic E-state index is -1.31. The normalized spacial score (nSPS) is 14.9. The van der Waals surface area contributed by atoms with Crippen molar-refractivity contribution >= 4 is 11.9 Å². The number of nitrogens with two attached hydrogens (primary N) is 2. The predicted octanol–water partition coefficient (Wildman–Crippen LogP) is 1.92. The van der Waals surface area contributed by atoms with Crippen LogP contribution in [0.3, 0.4) is 0 Å². The first-order chi connectivity index (χ1) is 14.0. The van der Waals surface area contributed by atoms with Crippen molar-refractivity contribution in [3.8, 4) is 16.9 Å². The van der Waals surface area contributed by atoms with Crippen LogP contribution in [0.1, 0.15) is 24.8 Å². The maximum Gasteiger partial charge on any atom is 0.358 e. The van der Waals surface area contributed by atoms with Crippen LogP contribution >= 0.6 is 0 Å². The van der Waals surface area contributed by atoms with E-state index in [4.69, 9.17) is 21.4 Å². The summed E-state index contributed by atoms with van der Waals surface area (Å²) < 4.78 is 5.35. The molecule has 0 bridgehead atoms. The van der Waals surface area contributed by atoms with Crippen molar-refractivity contribution in [2.75, 3.05) is 6.54 Å². The summed E-state index contributed by atoms with van der Waals surface area (Å²) in [5.74, 6) is 4.09. The maximum atomic E-state index is 12.0. The number of nitrogens with one attached hydrogen (secondary N) is 1. The van der Waals surface area contributed by atoms with Crippen LogP contribution in [-0.2, 0) is 16.1 Å². The van der Waals surface area contributed by atoms with Crippen LogP contribution in [0.15, 0.2) is 60.1 Å². The predicted molar refractivity (Wildman–Crippen MR) is 108 cm³/mol. The number of aliphatic carboxylic acids is 1. The molecule has 2 aromatic rings. The van der Waals surface area contributed by atoms with Gasteiger partial charge in [-0.2, -0.15) is 0 Å². The summed E-state index contributed by atoms with van der Waals surface area (Å²) in [6, 6.07) is 15.1. The van der Waals surface area contributed by atoms with Gasteiger partial charge in [0.1, 0.15) is 5.75 Å². The minimum absolute atomic E-state index is 0.210. The van der Waals surface area contributed by atoms with Gasteiger partial charge in [-0.15, -0.1) is 0 Å². The van der Waals surface area contributed by atoms with Crippen LogP contribution < -0.4 is 21.7 Å². The van der Waals surface area contributed by atoms with E-state index in [1.165, 1.54) is 0 Å². The Kier molecular flexibility index (Phi) is 6.36. The zero-order valence-electron chi connectivity index (χ0n) is 15.9. The first kappa shape index (κ1) is 20.2. The second-order valence-corrected chi connectivity index (χ2v) is 6.79. The number of benzene rings is 2. The first-order valence-electron chi connectivity index (χ1n) is 9.32. The van der Waals surface area contributed by atoms with Gasteiger partial charge in [-0.1, -0.05) is 30.3 Å². The third-order valence-electron chi connectivity index (χ3n) is 4.74. The molecule has 29 heavy (non-hydrogen) atoms. The molecule has 1 heterocycles. The Morgan fingerprint density at radius 1 is 1.14 bits per heavy atom. The molecule has 1 aliphatic heterocycles. The summed E-state index contributed by atoms with van der Waals surface area (Å²) in [5, 5.41) is 8.99. The fourth-order valence-electron chi connectivity index (χ4n) is 3.23. The Balaban J connectivity index is 1.73. The van der Waals surface area contributed by atoms with Gasteiger partial charge in [0, 0.05) is 19.5 Å². The molecule has 1 amide bonds. The van der Waals surface area contributed by atoms with Gasteiger partial charge in [0.05, 0.1) is 0 Å². The number of rotatable bonds is 7. The van der Waals surface area contributed by atoms with Crippen molar-refractivity contribution in [3.63, 3.8) is 0 Å². The van der Waals surface area contributed by atoms with E-state index < -0.39 is 11.7 Å². The van der Waals surface area contributed by atoms with E-state index in [-0.39, 0.29) is 11.8 Å². The molecule has 3 rings (SSSR count). The van der Waals surface area contributed by atoms with Gasteiger partial charge in [-0.05, 0) is 47.7 Å². The molecule has 0 spiro atoms. The summed E-state index contributed by atoms with van der Waals surface area (Å²) in [6.45, 7) is 1.42. The van der Waals surface area contributed by atoms with Crippen LogP contribution in [0, 0.1) is 0 Å². The fourth-order valence-corrected chi connectivity index (χ4v) is 3.23. The highest BCUT2D eigenvalue weighted by Gasteiger charge is 2.18. The van der Waals surface area contributed by atoms with Crippen molar-refractivity contribution in [2.24, 2.45) is 11.6 Å². The Morgan fingerprint density at radius 2 is 1.90 bits per heavy atom. The van der Waals surface area contributed by atoms with Gasteiger partial charge >= 0.3 is 5.97 Å². The third-order valence-corrected chi connectivity index (χ3v) is 4.74. The Hall–Kier alpha value is -3.52. The van der Waals surface area contributed by atoms with E-state index in [9.17, 15) is 9.59 Å². The average Bonchev–Trinajstić information content (AvgIpc) is 2.71. The van der Waals surface area contributed by atoms with Gasteiger partial charge in [-0.25, -0.2) is 4.79 Å². The van der Waals surface area contributed by atoms with Gasteiger partial charge in [0.2, 0.25) is 11.8 Å². The van der Waals surface area contributed by atoms with E-state index >= 15 is 0 Å². The number of carboxylic acids is 1. The molecule has 0 unspecified atom stereocenters. The van der Waals surface area contributed by atoms with E-state index in [0.717, 1.165) is 36.1 Å². The molecule has 8 heteroatoms. The smallest absolute Gasteiger partial charge is 0.358 e. The molecule has 0 radical (unpaired) electrons. The van der Waals surface area contributed by atoms with Crippen LogP contribution in [0.25, 0.3) is 11.1 Å². The first-order valence-corrected chi connectivity index (χ1v) is 9.32. The summed E-state index contributed by atoms with van der Waals surface area (Å²) in [6.07, 6.45) is 2.65. The van der Waals surface area contributed by atoms with Gasteiger partial charge in [0.25, 0.3) is 0 Å². The van der Waals surface area contributed by atoms with E-state index in [2.05, 4.69) is 6.07 Å². The molecule has 0 aromatic heterocycles. The number of hydrogen-bond acceptors (Lipinski definition) is 6. The van der Waals surface area contributed by atoms with Crippen molar-refractivity contribution in [1.82, 2.24) is 10.3 Å². The lowest BCUT2D eigenvalue weighted by Gasteiger charge is -2.26. The SMILES string of the molecule is NN/C(C(=O)O)=C(\N)Oc1ccc(-c2cccc(CN3CCCCC3=O)c2)cc1. The summed E-state index contributed by atoms with van der Waals surface area (Å²) in [7, 11) is 0. The largest absolute Gasteiger partial charge is 0.476 e. The van der Waals surface area contributed by atoms with E-state index in [1.807, 2.05) is 40.7 Å². The Morgan fingerprint density at radius 3 is 2.55 bits per heavy atom. The number of ether oxygens (including phenoxy) is 1. The lowest BCUT2D eigenvalue weighted by atomic mass is 10.0. The monoisotopic (exact) mass is 396 g/mol. The third kappa shape index (κ3) is 5.05. The van der Waals surface area contributed by atoms with Crippen molar-refractivity contribution in [3.05, 3.63) is 65.7 Å². The quantitative estimate of drug-likeness (QED) is 0.243. The van der Waals surface area contributed by atoms with E-state index in [0.29, 0.717) is 18.7 Å². The lowest BCUT2D eigenvalue weighted by molar-refractivity contribution is -0.134. The highest BCUT2D eigenvalue weighted by Crippen LogP contribution is 2.25. The molecular weight excluding hydrogens is 372 g/mol. The molecule has 0 saturated carbocycles. The highest BCUT2D eigenvalue weighted by molar-refractivity contribution is 5.86. The summed E-state index contributed by atoms with van der Waals surface area (Å²) >= 11 is 0. The number of likely N-dealkylation sites (tertiary alicyclic amines) is 1. The lowest BCUT2D eigenvalue weighted by Crippen LogP contribution is -2.34. The zero-order valence-corrected chi connectivity index (χ0v) is 15.9. The molecule has 1 aliphatic rings.